The number of aromatic nitrogens is 1. The number of pyridine rings is 1. The van der Waals surface area contributed by atoms with E-state index in [-0.39, 0.29) is 12.0 Å². The Morgan fingerprint density at radius 1 is 1.14 bits per heavy atom. The van der Waals surface area contributed by atoms with Crippen molar-refractivity contribution in [1.29, 1.82) is 5.26 Å². The predicted octanol–water partition coefficient (Wildman–Crippen LogP) is 4.22. The molecule has 192 valence electrons. The van der Waals surface area contributed by atoms with Crippen molar-refractivity contribution >= 4 is 27.4 Å². The van der Waals surface area contributed by atoms with Gasteiger partial charge in [0, 0.05) is 48.1 Å². The molecule has 0 spiro atoms. The summed E-state index contributed by atoms with van der Waals surface area (Å²) in [6, 6.07) is 11.6. The molecule has 0 bridgehead atoms. The van der Waals surface area contributed by atoms with Gasteiger partial charge < -0.3 is 9.80 Å². The van der Waals surface area contributed by atoms with Crippen LogP contribution in [0.25, 0.3) is 11.1 Å². The summed E-state index contributed by atoms with van der Waals surface area (Å²) >= 11 is 0. The average molecular weight is 518 g/mol. The standard InChI is InChI=1S/C28H31N5O3S/c1-2-37(35,36)31-23-5-3-4-21(14-23)24-15-22(16-29)27(30-26(24)19-8-9-19)32-12-13-33(28(34)20-10-11-20)25(17-32)18-6-7-18/h2-5,14-15,18-20,25,31H,1,6-13,17H2/t25-/m0/s1. The zero-order valence-corrected chi connectivity index (χ0v) is 21.6. The second kappa shape index (κ2) is 9.18. The molecule has 3 saturated carbocycles. The molecule has 6 rings (SSSR count). The molecule has 4 fully saturated rings. The van der Waals surface area contributed by atoms with Gasteiger partial charge in [-0.1, -0.05) is 18.7 Å². The lowest BCUT2D eigenvalue weighted by Crippen LogP contribution is -2.57. The van der Waals surface area contributed by atoms with Gasteiger partial charge in [0.1, 0.15) is 11.9 Å². The molecule has 1 aromatic heterocycles. The minimum absolute atomic E-state index is 0.189. The first-order valence-corrected chi connectivity index (χ1v) is 14.7. The third-order valence-electron chi connectivity index (χ3n) is 7.86. The van der Waals surface area contributed by atoms with E-state index in [0.29, 0.717) is 54.4 Å². The van der Waals surface area contributed by atoms with Crippen LogP contribution in [0.1, 0.15) is 55.7 Å². The van der Waals surface area contributed by atoms with Crippen LogP contribution in [0, 0.1) is 23.2 Å². The number of benzene rings is 1. The molecule has 0 radical (unpaired) electrons. The highest BCUT2D eigenvalue weighted by atomic mass is 32.2. The van der Waals surface area contributed by atoms with E-state index in [1.165, 1.54) is 0 Å². The van der Waals surface area contributed by atoms with Gasteiger partial charge in [-0.25, -0.2) is 13.4 Å². The van der Waals surface area contributed by atoms with E-state index in [1.54, 1.807) is 18.2 Å². The van der Waals surface area contributed by atoms with Crippen molar-refractivity contribution in [2.24, 2.45) is 11.8 Å². The van der Waals surface area contributed by atoms with Crippen LogP contribution in [0.3, 0.4) is 0 Å². The minimum atomic E-state index is -3.63. The molecule has 37 heavy (non-hydrogen) atoms. The van der Waals surface area contributed by atoms with E-state index in [2.05, 4.69) is 27.2 Å². The fourth-order valence-electron chi connectivity index (χ4n) is 5.42. The van der Waals surface area contributed by atoms with Crippen LogP contribution in [0.2, 0.25) is 0 Å². The second-order valence-electron chi connectivity index (χ2n) is 10.7. The number of sulfonamides is 1. The molecule has 0 unspecified atom stereocenters. The zero-order chi connectivity index (χ0) is 25.7. The summed E-state index contributed by atoms with van der Waals surface area (Å²) in [4.78, 5) is 22.4. The van der Waals surface area contributed by atoms with E-state index < -0.39 is 10.0 Å². The molecular formula is C28H31N5O3S. The van der Waals surface area contributed by atoms with Gasteiger partial charge in [0.2, 0.25) is 5.91 Å². The molecule has 1 amide bonds. The first-order valence-electron chi connectivity index (χ1n) is 13.1. The number of nitriles is 1. The largest absolute Gasteiger partial charge is 0.352 e. The molecule has 1 N–H and O–H groups in total. The van der Waals surface area contributed by atoms with Crippen LogP contribution in [-0.2, 0) is 14.8 Å². The van der Waals surface area contributed by atoms with Crippen LogP contribution >= 0.6 is 0 Å². The summed E-state index contributed by atoms with van der Waals surface area (Å²) in [5.41, 5.74) is 3.58. The molecule has 1 atom stereocenters. The Kier molecular flexibility index (Phi) is 5.95. The van der Waals surface area contributed by atoms with Crippen molar-refractivity contribution in [3.05, 3.63) is 53.6 Å². The Morgan fingerprint density at radius 2 is 1.92 bits per heavy atom. The normalized spacial score (nSPS) is 21.9. The molecule has 4 aliphatic rings. The quantitative estimate of drug-likeness (QED) is 0.562. The number of piperazine rings is 1. The molecule has 3 aliphatic carbocycles. The van der Waals surface area contributed by atoms with Crippen molar-refractivity contribution in [2.45, 2.75) is 50.5 Å². The highest BCUT2D eigenvalue weighted by molar-refractivity contribution is 7.95. The third kappa shape index (κ3) is 4.95. The summed E-state index contributed by atoms with van der Waals surface area (Å²) in [7, 11) is -3.63. The average Bonchev–Trinajstić information content (AvgIpc) is 3.76. The summed E-state index contributed by atoms with van der Waals surface area (Å²) in [6.45, 7) is 5.42. The topological polar surface area (TPSA) is 106 Å². The van der Waals surface area contributed by atoms with Crippen molar-refractivity contribution in [1.82, 2.24) is 9.88 Å². The van der Waals surface area contributed by atoms with E-state index in [9.17, 15) is 18.5 Å². The maximum atomic E-state index is 12.9. The highest BCUT2D eigenvalue weighted by Crippen LogP contribution is 2.46. The molecule has 9 heteroatoms. The molecule has 2 heterocycles. The first kappa shape index (κ1) is 24.0. The van der Waals surface area contributed by atoms with Crippen molar-refractivity contribution in [2.75, 3.05) is 29.3 Å². The summed E-state index contributed by atoms with van der Waals surface area (Å²) < 4.78 is 26.5. The summed E-state index contributed by atoms with van der Waals surface area (Å²) in [5, 5.41) is 11.0. The molecule has 2 aromatic rings. The van der Waals surface area contributed by atoms with Crippen molar-refractivity contribution in [3.63, 3.8) is 0 Å². The lowest BCUT2D eigenvalue weighted by Gasteiger charge is -2.43. The molecule has 1 saturated heterocycles. The van der Waals surface area contributed by atoms with Gasteiger partial charge in [0.15, 0.2) is 0 Å². The highest BCUT2D eigenvalue weighted by Gasteiger charge is 2.45. The third-order valence-corrected chi connectivity index (χ3v) is 8.82. The molecule has 1 aromatic carbocycles. The van der Waals surface area contributed by atoms with E-state index in [4.69, 9.17) is 4.98 Å². The molecular weight excluding hydrogens is 486 g/mol. The number of hydrogen-bond acceptors (Lipinski definition) is 6. The van der Waals surface area contributed by atoms with E-state index in [1.807, 2.05) is 12.1 Å². The lowest BCUT2D eigenvalue weighted by molar-refractivity contribution is -0.135. The number of anilines is 2. The van der Waals surface area contributed by atoms with Gasteiger partial charge >= 0.3 is 0 Å². The van der Waals surface area contributed by atoms with E-state index >= 15 is 0 Å². The van der Waals surface area contributed by atoms with Crippen LogP contribution in [0.5, 0.6) is 0 Å². The van der Waals surface area contributed by atoms with Crippen molar-refractivity contribution in [3.8, 4) is 17.2 Å². The first-order chi connectivity index (χ1) is 17.9. The summed E-state index contributed by atoms with van der Waals surface area (Å²) in [6.07, 6.45) is 6.43. The Balaban J connectivity index is 1.33. The van der Waals surface area contributed by atoms with Gasteiger partial charge in [0.05, 0.1) is 17.3 Å². The molecule has 8 nitrogen and oxygen atoms in total. The lowest BCUT2D eigenvalue weighted by atomic mass is 9.98. The summed E-state index contributed by atoms with van der Waals surface area (Å²) in [5.74, 6) is 2.10. The number of nitrogens with one attached hydrogen (secondary N) is 1. The number of rotatable bonds is 8. The predicted molar refractivity (Wildman–Crippen MR) is 142 cm³/mol. The van der Waals surface area contributed by atoms with Gasteiger partial charge in [-0.3, -0.25) is 9.52 Å². The van der Waals surface area contributed by atoms with Gasteiger partial charge in [-0.15, -0.1) is 0 Å². The second-order valence-corrected chi connectivity index (χ2v) is 12.4. The number of amides is 1. The van der Waals surface area contributed by atoms with Gasteiger partial charge in [-0.05, 0) is 68.2 Å². The van der Waals surface area contributed by atoms with E-state index in [0.717, 1.165) is 60.8 Å². The van der Waals surface area contributed by atoms with Gasteiger partial charge in [0.25, 0.3) is 10.0 Å². The maximum absolute atomic E-state index is 12.9. The monoisotopic (exact) mass is 517 g/mol. The Hall–Kier alpha value is -3.38. The Morgan fingerprint density at radius 3 is 2.57 bits per heavy atom. The van der Waals surface area contributed by atoms with Crippen molar-refractivity contribution < 1.29 is 13.2 Å². The fraction of sp³-hybridized carbons (Fsp3) is 0.464. The smallest absolute Gasteiger partial charge is 0.254 e. The number of carbonyl (C=O) groups excluding carboxylic acids is 1. The van der Waals surface area contributed by atoms with Crippen LogP contribution < -0.4 is 9.62 Å². The SMILES string of the molecule is C=CS(=O)(=O)Nc1cccc(-c2cc(C#N)c(N3CCN(C(=O)C4CC4)[C@H](C4CC4)C3)nc2C2CC2)c1. The van der Waals surface area contributed by atoms with Crippen LogP contribution in [-0.4, -0.2) is 49.9 Å². The number of hydrogen-bond donors (Lipinski definition) is 1. The maximum Gasteiger partial charge on any atom is 0.254 e. The van der Waals surface area contributed by atoms with Crippen LogP contribution in [0.15, 0.2) is 42.3 Å². The fourth-order valence-corrected chi connectivity index (χ4v) is 5.96. The minimum Gasteiger partial charge on any atom is -0.352 e. The molecule has 1 aliphatic heterocycles. The Bertz CT molecular complexity index is 1400. The number of nitrogens with zero attached hydrogens (tertiary/aromatic N) is 4. The van der Waals surface area contributed by atoms with Crippen LogP contribution in [0.4, 0.5) is 11.5 Å². The Labute approximate surface area is 218 Å². The zero-order valence-electron chi connectivity index (χ0n) is 20.8. The van der Waals surface area contributed by atoms with Gasteiger partial charge in [-0.2, -0.15) is 5.26 Å². The number of carbonyl (C=O) groups is 1.